The van der Waals surface area contributed by atoms with Gasteiger partial charge in [-0.3, -0.25) is 9.48 Å². The van der Waals surface area contributed by atoms with Crippen LogP contribution in [0.15, 0.2) is 60.7 Å². The number of fused-ring (bicyclic) bond motifs is 2. The van der Waals surface area contributed by atoms with Gasteiger partial charge in [0.15, 0.2) is 0 Å². The van der Waals surface area contributed by atoms with Crippen LogP contribution < -0.4 is 0 Å². The van der Waals surface area contributed by atoms with Crippen LogP contribution in [0, 0.1) is 6.92 Å². The Balaban J connectivity index is 1.85. The monoisotopic (exact) mass is 364 g/mol. The van der Waals surface area contributed by atoms with Gasteiger partial charge in [0.1, 0.15) is 0 Å². The van der Waals surface area contributed by atoms with Crippen molar-refractivity contribution in [3.05, 3.63) is 77.5 Å². The SMILES string of the molecule is CC(=O)C(F)(F)c1ccc2c(C)nn(Cc3cccc4ccccc34)c2c1. The molecule has 0 saturated heterocycles. The highest BCUT2D eigenvalue weighted by atomic mass is 19.3. The lowest BCUT2D eigenvalue weighted by atomic mass is 10.0. The standard InChI is InChI=1S/C22H18F2N2O/c1-14-19-11-10-18(22(23,24)15(2)27)12-21(19)26(25-14)13-17-8-5-7-16-6-3-4-9-20(16)17/h3-12H,13H2,1-2H3. The second kappa shape index (κ2) is 6.27. The summed E-state index contributed by atoms with van der Waals surface area (Å²) < 4.78 is 30.1. The van der Waals surface area contributed by atoms with Gasteiger partial charge in [-0.2, -0.15) is 13.9 Å². The fourth-order valence-electron chi connectivity index (χ4n) is 3.45. The normalized spacial score (nSPS) is 12.0. The lowest BCUT2D eigenvalue weighted by molar-refractivity contribution is -0.141. The van der Waals surface area contributed by atoms with Crippen LogP contribution in [0.2, 0.25) is 0 Å². The van der Waals surface area contributed by atoms with Crippen molar-refractivity contribution in [3.8, 4) is 0 Å². The number of hydrogen-bond acceptors (Lipinski definition) is 2. The van der Waals surface area contributed by atoms with Gasteiger partial charge in [0.25, 0.3) is 0 Å². The third-order valence-corrected chi connectivity index (χ3v) is 4.94. The summed E-state index contributed by atoms with van der Waals surface area (Å²) in [6, 6.07) is 18.4. The van der Waals surface area contributed by atoms with Gasteiger partial charge in [-0.1, -0.05) is 54.6 Å². The Morgan fingerprint density at radius 3 is 2.56 bits per heavy atom. The van der Waals surface area contributed by atoms with Crippen molar-refractivity contribution < 1.29 is 13.6 Å². The van der Waals surface area contributed by atoms with E-state index in [0.717, 1.165) is 34.3 Å². The number of Topliss-reactive ketones (excluding diaryl/α,β-unsaturated/α-hetero) is 1. The molecular formula is C22H18F2N2O. The summed E-state index contributed by atoms with van der Waals surface area (Å²) in [5.74, 6) is -4.67. The van der Waals surface area contributed by atoms with Crippen molar-refractivity contribution in [1.82, 2.24) is 9.78 Å². The predicted octanol–water partition coefficient (Wildman–Crippen LogP) is 5.23. The van der Waals surface area contributed by atoms with E-state index >= 15 is 0 Å². The van der Waals surface area contributed by atoms with Crippen LogP contribution in [0.3, 0.4) is 0 Å². The van der Waals surface area contributed by atoms with Crippen LogP contribution in [0.5, 0.6) is 0 Å². The maximum Gasteiger partial charge on any atom is 0.330 e. The molecule has 4 aromatic rings. The molecule has 1 aromatic heterocycles. The molecule has 0 atom stereocenters. The molecule has 0 amide bonds. The van der Waals surface area contributed by atoms with Gasteiger partial charge in [0.2, 0.25) is 5.78 Å². The first-order chi connectivity index (χ1) is 12.9. The van der Waals surface area contributed by atoms with E-state index in [-0.39, 0.29) is 5.56 Å². The van der Waals surface area contributed by atoms with Crippen molar-refractivity contribution in [3.63, 3.8) is 0 Å². The summed E-state index contributed by atoms with van der Waals surface area (Å²) in [6.45, 7) is 3.22. The number of benzene rings is 3. The first-order valence-corrected chi connectivity index (χ1v) is 8.71. The van der Waals surface area contributed by atoms with Crippen molar-refractivity contribution in [2.45, 2.75) is 26.3 Å². The van der Waals surface area contributed by atoms with Gasteiger partial charge in [-0.15, -0.1) is 0 Å². The lowest BCUT2D eigenvalue weighted by Crippen LogP contribution is -2.23. The van der Waals surface area contributed by atoms with E-state index in [1.807, 2.05) is 49.4 Å². The average Bonchev–Trinajstić information content (AvgIpc) is 2.97. The zero-order valence-corrected chi connectivity index (χ0v) is 15.0. The highest BCUT2D eigenvalue weighted by Crippen LogP contribution is 2.32. The number of nitrogens with zero attached hydrogens (tertiary/aromatic N) is 2. The molecule has 3 aromatic carbocycles. The minimum atomic E-state index is -3.50. The van der Waals surface area contributed by atoms with Crippen LogP contribution in [0.1, 0.15) is 23.7 Å². The van der Waals surface area contributed by atoms with Crippen LogP contribution in [-0.4, -0.2) is 15.6 Å². The molecular weight excluding hydrogens is 346 g/mol. The second-order valence-corrected chi connectivity index (χ2v) is 6.74. The van der Waals surface area contributed by atoms with Crippen LogP contribution in [0.25, 0.3) is 21.7 Å². The number of ketones is 1. The number of carbonyl (C=O) groups excluding carboxylic acids is 1. The number of hydrogen-bond donors (Lipinski definition) is 0. The summed E-state index contributed by atoms with van der Waals surface area (Å²) in [7, 11) is 0. The molecule has 0 saturated carbocycles. The molecule has 1 heterocycles. The van der Waals surface area contributed by atoms with Gasteiger partial charge in [0, 0.05) is 17.9 Å². The minimum Gasteiger partial charge on any atom is -0.293 e. The Labute approximate surface area is 155 Å². The number of rotatable bonds is 4. The molecule has 136 valence electrons. The minimum absolute atomic E-state index is 0.304. The Bertz CT molecular complexity index is 1170. The second-order valence-electron chi connectivity index (χ2n) is 6.74. The maximum absolute atomic E-state index is 14.2. The van der Waals surface area contributed by atoms with E-state index in [0.29, 0.717) is 12.1 Å². The first kappa shape index (κ1) is 17.3. The molecule has 0 aliphatic carbocycles. The average molecular weight is 364 g/mol. The van der Waals surface area contributed by atoms with Gasteiger partial charge >= 0.3 is 5.92 Å². The molecule has 27 heavy (non-hydrogen) atoms. The van der Waals surface area contributed by atoms with Gasteiger partial charge in [-0.25, -0.2) is 0 Å². The van der Waals surface area contributed by atoms with E-state index < -0.39 is 11.7 Å². The number of halogens is 2. The largest absolute Gasteiger partial charge is 0.330 e. The highest BCUT2D eigenvalue weighted by molar-refractivity contribution is 5.89. The Kier molecular flexibility index (Phi) is 4.02. The summed E-state index contributed by atoms with van der Waals surface area (Å²) in [6.07, 6.45) is 0. The molecule has 0 aliphatic rings. The fraction of sp³-hybridized carbons (Fsp3) is 0.182. The van der Waals surface area contributed by atoms with Crippen LogP contribution in [0.4, 0.5) is 8.78 Å². The summed E-state index contributed by atoms with van der Waals surface area (Å²) in [5.41, 5.74) is 2.12. The van der Waals surface area contributed by atoms with E-state index in [1.54, 1.807) is 10.7 Å². The maximum atomic E-state index is 14.2. The van der Waals surface area contributed by atoms with Crippen molar-refractivity contribution in [2.24, 2.45) is 0 Å². The lowest BCUT2D eigenvalue weighted by Gasteiger charge is -2.14. The Morgan fingerprint density at radius 1 is 1.04 bits per heavy atom. The molecule has 0 unspecified atom stereocenters. The Hall–Kier alpha value is -3.08. The van der Waals surface area contributed by atoms with E-state index in [4.69, 9.17) is 0 Å². The predicted molar refractivity (Wildman–Crippen MR) is 102 cm³/mol. The molecule has 4 rings (SSSR count). The van der Waals surface area contributed by atoms with E-state index in [9.17, 15) is 13.6 Å². The van der Waals surface area contributed by atoms with Crippen molar-refractivity contribution in [1.29, 1.82) is 0 Å². The third kappa shape index (κ3) is 2.89. The first-order valence-electron chi connectivity index (χ1n) is 8.71. The summed E-state index contributed by atoms with van der Waals surface area (Å²) >= 11 is 0. The van der Waals surface area contributed by atoms with Gasteiger partial charge < -0.3 is 0 Å². The smallest absolute Gasteiger partial charge is 0.293 e. The van der Waals surface area contributed by atoms with E-state index in [1.165, 1.54) is 12.1 Å². The van der Waals surface area contributed by atoms with Crippen LogP contribution in [-0.2, 0) is 17.3 Å². The molecule has 0 fully saturated rings. The fourth-order valence-corrected chi connectivity index (χ4v) is 3.45. The topological polar surface area (TPSA) is 34.9 Å². The number of aryl methyl sites for hydroxylation is 1. The number of alkyl halides is 2. The molecule has 0 spiro atoms. The Morgan fingerprint density at radius 2 is 1.78 bits per heavy atom. The molecule has 3 nitrogen and oxygen atoms in total. The van der Waals surface area contributed by atoms with Gasteiger partial charge in [-0.05, 0) is 29.3 Å². The van der Waals surface area contributed by atoms with Gasteiger partial charge in [0.05, 0.1) is 17.8 Å². The summed E-state index contributed by atoms with van der Waals surface area (Å²) in [5, 5.41) is 7.57. The number of carbonyl (C=O) groups is 1. The molecule has 5 heteroatoms. The molecule has 0 aliphatic heterocycles. The highest BCUT2D eigenvalue weighted by Gasteiger charge is 2.37. The van der Waals surface area contributed by atoms with Crippen molar-refractivity contribution in [2.75, 3.05) is 0 Å². The van der Waals surface area contributed by atoms with E-state index in [2.05, 4.69) is 5.10 Å². The molecule has 0 radical (unpaired) electrons. The van der Waals surface area contributed by atoms with Crippen molar-refractivity contribution >= 4 is 27.5 Å². The van der Waals surface area contributed by atoms with Crippen LogP contribution >= 0.6 is 0 Å². The zero-order valence-electron chi connectivity index (χ0n) is 15.0. The molecule has 0 N–H and O–H groups in total. The quantitative estimate of drug-likeness (QED) is 0.497. The third-order valence-electron chi connectivity index (χ3n) is 4.94. The zero-order chi connectivity index (χ0) is 19.2. The molecule has 0 bridgehead atoms. The summed E-state index contributed by atoms with van der Waals surface area (Å²) in [4.78, 5) is 11.4. The number of aromatic nitrogens is 2.